The van der Waals surface area contributed by atoms with Gasteiger partial charge in [0.25, 0.3) is 0 Å². The molecule has 2 rings (SSSR count). The van der Waals surface area contributed by atoms with E-state index in [1.165, 1.54) is 12.1 Å². The second kappa shape index (κ2) is 6.39. The molecule has 20 heavy (non-hydrogen) atoms. The highest BCUT2D eigenvalue weighted by Crippen LogP contribution is 2.30. The Balaban J connectivity index is 2.13. The van der Waals surface area contributed by atoms with Crippen molar-refractivity contribution in [2.75, 3.05) is 7.11 Å². The minimum absolute atomic E-state index is 0.0684. The topological polar surface area (TPSA) is 44.5 Å². The first-order valence-electron chi connectivity index (χ1n) is 6.41. The smallest absolute Gasteiger partial charge is 0.161 e. The van der Waals surface area contributed by atoms with E-state index in [1.807, 2.05) is 31.2 Å². The predicted molar refractivity (Wildman–Crippen MR) is 76.3 cm³/mol. The quantitative estimate of drug-likeness (QED) is 0.909. The fourth-order valence-corrected chi connectivity index (χ4v) is 1.87. The van der Waals surface area contributed by atoms with Crippen LogP contribution in [0.2, 0.25) is 0 Å². The molecule has 4 heteroatoms. The Bertz CT molecular complexity index is 584. The monoisotopic (exact) mass is 275 g/mol. The molecule has 2 aromatic carbocycles. The lowest BCUT2D eigenvalue weighted by Crippen LogP contribution is -2.05. The molecule has 0 spiro atoms. The van der Waals surface area contributed by atoms with Crippen LogP contribution in [0.15, 0.2) is 42.5 Å². The SMILES string of the molecule is COc1cc(C(C)N)ccc1OCc1cccc(F)c1. The Morgan fingerprint density at radius 1 is 1.15 bits per heavy atom. The molecule has 0 amide bonds. The van der Waals surface area contributed by atoms with E-state index in [2.05, 4.69) is 0 Å². The minimum Gasteiger partial charge on any atom is -0.493 e. The first-order chi connectivity index (χ1) is 9.60. The van der Waals surface area contributed by atoms with Gasteiger partial charge in [-0.15, -0.1) is 0 Å². The third kappa shape index (κ3) is 3.48. The Kier molecular flexibility index (Phi) is 4.58. The molecule has 0 radical (unpaired) electrons. The van der Waals surface area contributed by atoms with Gasteiger partial charge in [-0.2, -0.15) is 0 Å². The first-order valence-corrected chi connectivity index (χ1v) is 6.41. The molecule has 0 aromatic heterocycles. The summed E-state index contributed by atoms with van der Waals surface area (Å²) in [5.41, 5.74) is 7.57. The molecule has 0 bridgehead atoms. The van der Waals surface area contributed by atoms with Gasteiger partial charge in [-0.05, 0) is 42.3 Å². The van der Waals surface area contributed by atoms with Gasteiger partial charge >= 0.3 is 0 Å². The second-order valence-corrected chi connectivity index (χ2v) is 4.62. The third-order valence-corrected chi connectivity index (χ3v) is 3.00. The van der Waals surface area contributed by atoms with Crippen LogP contribution in [0.25, 0.3) is 0 Å². The molecule has 2 N–H and O–H groups in total. The number of halogens is 1. The Morgan fingerprint density at radius 3 is 2.60 bits per heavy atom. The van der Waals surface area contributed by atoms with E-state index in [9.17, 15) is 4.39 Å². The summed E-state index contributed by atoms with van der Waals surface area (Å²) in [6, 6.07) is 11.8. The molecule has 0 aliphatic heterocycles. The highest BCUT2D eigenvalue weighted by molar-refractivity contribution is 5.43. The lowest BCUT2D eigenvalue weighted by Gasteiger charge is -2.13. The second-order valence-electron chi connectivity index (χ2n) is 4.62. The molecule has 1 unspecified atom stereocenters. The molecule has 0 saturated carbocycles. The van der Waals surface area contributed by atoms with Gasteiger partial charge in [0.1, 0.15) is 12.4 Å². The molecule has 0 heterocycles. The summed E-state index contributed by atoms with van der Waals surface area (Å²) < 4.78 is 24.1. The van der Waals surface area contributed by atoms with Crippen LogP contribution in [-0.2, 0) is 6.61 Å². The largest absolute Gasteiger partial charge is 0.493 e. The van der Waals surface area contributed by atoms with Crippen LogP contribution < -0.4 is 15.2 Å². The van der Waals surface area contributed by atoms with E-state index in [0.29, 0.717) is 11.5 Å². The third-order valence-electron chi connectivity index (χ3n) is 3.00. The Labute approximate surface area is 118 Å². The van der Waals surface area contributed by atoms with E-state index in [4.69, 9.17) is 15.2 Å². The zero-order chi connectivity index (χ0) is 14.5. The average Bonchev–Trinajstić information content (AvgIpc) is 2.45. The van der Waals surface area contributed by atoms with Gasteiger partial charge in [-0.25, -0.2) is 4.39 Å². The number of nitrogens with two attached hydrogens (primary N) is 1. The maximum absolute atomic E-state index is 13.1. The van der Waals surface area contributed by atoms with Gasteiger partial charge in [-0.3, -0.25) is 0 Å². The summed E-state index contributed by atoms with van der Waals surface area (Å²) >= 11 is 0. The van der Waals surface area contributed by atoms with Crippen LogP contribution in [-0.4, -0.2) is 7.11 Å². The fraction of sp³-hybridized carbons (Fsp3) is 0.250. The summed E-state index contributed by atoms with van der Waals surface area (Å²) in [5.74, 6) is 0.961. The van der Waals surface area contributed by atoms with E-state index < -0.39 is 0 Å². The molecular formula is C16H18FNO2. The number of hydrogen-bond donors (Lipinski definition) is 1. The van der Waals surface area contributed by atoms with Crippen molar-refractivity contribution in [3.63, 3.8) is 0 Å². The van der Waals surface area contributed by atoms with Crippen molar-refractivity contribution < 1.29 is 13.9 Å². The van der Waals surface area contributed by atoms with Crippen molar-refractivity contribution in [2.24, 2.45) is 5.73 Å². The lowest BCUT2D eigenvalue weighted by atomic mass is 10.1. The van der Waals surface area contributed by atoms with Gasteiger partial charge < -0.3 is 15.2 Å². The Hall–Kier alpha value is -2.07. The van der Waals surface area contributed by atoms with Crippen LogP contribution in [0, 0.1) is 5.82 Å². The molecule has 0 aliphatic rings. The summed E-state index contributed by atoms with van der Waals surface area (Å²) in [6.07, 6.45) is 0. The fourth-order valence-electron chi connectivity index (χ4n) is 1.87. The molecule has 2 aromatic rings. The van der Waals surface area contributed by atoms with Crippen LogP contribution in [0.3, 0.4) is 0 Å². The standard InChI is InChI=1S/C16H18FNO2/c1-11(18)13-6-7-15(16(9-13)19-2)20-10-12-4-3-5-14(17)8-12/h3-9,11H,10,18H2,1-2H3. The number of ether oxygens (including phenoxy) is 2. The molecule has 0 saturated heterocycles. The van der Waals surface area contributed by atoms with Crippen LogP contribution >= 0.6 is 0 Å². The molecule has 0 fully saturated rings. The summed E-state index contributed by atoms with van der Waals surface area (Å²) in [6.45, 7) is 2.19. The number of hydrogen-bond acceptors (Lipinski definition) is 3. The van der Waals surface area contributed by atoms with Gasteiger partial charge in [0.2, 0.25) is 0 Å². The maximum atomic E-state index is 13.1. The van der Waals surface area contributed by atoms with Crippen molar-refractivity contribution in [2.45, 2.75) is 19.6 Å². The normalized spacial score (nSPS) is 12.0. The number of methoxy groups -OCH3 is 1. The van der Waals surface area contributed by atoms with Gasteiger partial charge in [0.15, 0.2) is 11.5 Å². The van der Waals surface area contributed by atoms with Crippen LogP contribution in [0.5, 0.6) is 11.5 Å². The van der Waals surface area contributed by atoms with E-state index in [0.717, 1.165) is 11.1 Å². The Morgan fingerprint density at radius 2 is 1.95 bits per heavy atom. The van der Waals surface area contributed by atoms with Gasteiger partial charge in [0, 0.05) is 6.04 Å². The van der Waals surface area contributed by atoms with Crippen LogP contribution in [0.1, 0.15) is 24.1 Å². The summed E-state index contributed by atoms with van der Waals surface area (Å²) in [7, 11) is 1.58. The van der Waals surface area contributed by atoms with Crippen molar-refractivity contribution in [3.8, 4) is 11.5 Å². The zero-order valence-corrected chi connectivity index (χ0v) is 11.6. The molecule has 106 valence electrons. The van der Waals surface area contributed by atoms with E-state index in [-0.39, 0.29) is 18.5 Å². The molecule has 1 atom stereocenters. The van der Waals surface area contributed by atoms with Crippen molar-refractivity contribution in [1.82, 2.24) is 0 Å². The van der Waals surface area contributed by atoms with E-state index in [1.54, 1.807) is 13.2 Å². The van der Waals surface area contributed by atoms with E-state index >= 15 is 0 Å². The van der Waals surface area contributed by atoms with Gasteiger partial charge in [0.05, 0.1) is 7.11 Å². The first kappa shape index (κ1) is 14.3. The van der Waals surface area contributed by atoms with Crippen LogP contribution in [0.4, 0.5) is 4.39 Å². The molecule has 0 aliphatic carbocycles. The lowest BCUT2D eigenvalue weighted by molar-refractivity contribution is 0.284. The number of rotatable bonds is 5. The maximum Gasteiger partial charge on any atom is 0.161 e. The van der Waals surface area contributed by atoms with Crippen molar-refractivity contribution >= 4 is 0 Å². The van der Waals surface area contributed by atoms with Crippen molar-refractivity contribution in [3.05, 3.63) is 59.4 Å². The highest BCUT2D eigenvalue weighted by atomic mass is 19.1. The zero-order valence-electron chi connectivity index (χ0n) is 11.6. The van der Waals surface area contributed by atoms with Gasteiger partial charge in [-0.1, -0.05) is 18.2 Å². The highest BCUT2D eigenvalue weighted by Gasteiger charge is 2.08. The minimum atomic E-state index is -0.273. The predicted octanol–water partition coefficient (Wildman–Crippen LogP) is 3.43. The molecular weight excluding hydrogens is 257 g/mol. The summed E-state index contributed by atoms with van der Waals surface area (Å²) in [4.78, 5) is 0. The number of benzene rings is 2. The average molecular weight is 275 g/mol. The molecule has 3 nitrogen and oxygen atoms in total. The van der Waals surface area contributed by atoms with Crippen molar-refractivity contribution in [1.29, 1.82) is 0 Å². The summed E-state index contributed by atoms with van der Waals surface area (Å²) in [5, 5.41) is 0.